The van der Waals surface area contributed by atoms with Gasteiger partial charge < -0.3 is 29.1 Å². The number of hydrogen-bond acceptors (Lipinski definition) is 7. The van der Waals surface area contributed by atoms with E-state index in [9.17, 15) is 14.7 Å². The first kappa shape index (κ1) is 33.3. The van der Waals surface area contributed by atoms with Gasteiger partial charge in [-0.05, 0) is 90.7 Å². The molecule has 11 heteroatoms. The van der Waals surface area contributed by atoms with Crippen molar-refractivity contribution in [3.8, 4) is 28.7 Å². The highest BCUT2D eigenvalue weighted by molar-refractivity contribution is 5.89. The largest absolute Gasteiger partial charge is 0.497 e. The van der Waals surface area contributed by atoms with Crippen LogP contribution in [-0.4, -0.2) is 57.5 Å². The topological polar surface area (TPSA) is 111 Å². The number of rotatable bonds is 11. The van der Waals surface area contributed by atoms with Crippen LogP contribution in [0.3, 0.4) is 0 Å². The van der Waals surface area contributed by atoms with Crippen molar-refractivity contribution in [2.24, 2.45) is 0 Å². The Labute approximate surface area is 295 Å². The number of para-hydroxylation sites is 1. The molecule has 3 heterocycles. The number of carbonyl (C=O) groups is 1. The van der Waals surface area contributed by atoms with Gasteiger partial charge in [-0.3, -0.25) is 9.13 Å². The Kier molecular flexibility index (Phi) is 9.60. The minimum atomic E-state index is -0.988. The lowest BCUT2D eigenvalue weighted by Crippen LogP contribution is -2.42. The van der Waals surface area contributed by atoms with Crippen LogP contribution in [0.2, 0.25) is 0 Å². The maximum atomic E-state index is 14.7. The molecular formula is C40H39N5O6. The van der Waals surface area contributed by atoms with Crippen molar-refractivity contribution in [2.75, 3.05) is 32.2 Å². The molecule has 6 aromatic rings. The molecule has 0 aliphatic carbocycles. The fourth-order valence-corrected chi connectivity index (χ4v) is 6.71. The number of carboxylic acid groups (broad SMARTS) is 1. The van der Waals surface area contributed by atoms with E-state index in [0.29, 0.717) is 66.5 Å². The van der Waals surface area contributed by atoms with Crippen molar-refractivity contribution in [1.82, 2.24) is 19.0 Å². The van der Waals surface area contributed by atoms with Gasteiger partial charge in [0.05, 0.1) is 31.5 Å². The number of amides is 1. The third kappa shape index (κ3) is 7.09. The summed E-state index contributed by atoms with van der Waals surface area (Å²) in [5.74, 6) is 3.47. The molecule has 2 aromatic heterocycles. The van der Waals surface area contributed by atoms with Crippen LogP contribution < -0.4 is 24.8 Å². The highest BCUT2D eigenvalue weighted by Crippen LogP contribution is 2.33. The summed E-state index contributed by atoms with van der Waals surface area (Å²) in [4.78, 5) is 35.2. The number of nitrogens with zero attached hydrogens (tertiary/aromatic N) is 5. The Morgan fingerprint density at radius 1 is 0.804 bits per heavy atom. The molecular weight excluding hydrogens is 646 g/mol. The number of likely N-dealkylation sites (tertiary alicyclic amines) is 1. The molecule has 51 heavy (non-hydrogen) atoms. The molecule has 0 saturated carbocycles. The number of methoxy groups -OCH3 is 2. The molecule has 1 saturated heterocycles. The van der Waals surface area contributed by atoms with Gasteiger partial charge in [0.15, 0.2) is 5.82 Å². The lowest BCUT2D eigenvalue weighted by molar-refractivity contribution is 0.121. The SMILES string of the molecule is COc1ccc(CN(Cc2ccc(OC)cc2)c2nccc3c2n(-c2ccc(Oc4ccccc4)cc2)c(=O)n3C2CCCN(C(=O)O)C2)cc1. The molecule has 0 radical (unpaired) electrons. The van der Waals surface area contributed by atoms with E-state index in [1.54, 1.807) is 29.6 Å². The highest BCUT2D eigenvalue weighted by atomic mass is 16.5. The highest BCUT2D eigenvalue weighted by Gasteiger charge is 2.30. The van der Waals surface area contributed by atoms with Crippen molar-refractivity contribution in [3.63, 3.8) is 0 Å². The quantitative estimate of drug-likeness (QED) is 0.149. The van der Waals surface area contributed by atoms with E-state index in [2.05, 4.69) is 4.90 Å². The molecule has 1 atom stereocenters. The van der Waals surface area contributed by atoms with Gasteiger partial charge in [0, 0.05) is 32.4 Å². The summed E-state index contributed by atoms with van der Waals surface area (Å²) in [5, 5.41) is 9.85. The molecule has 0 spiro atoms. The van der Waals surface area contributed by atoms with Crippen LogP contribution >= 0.6 is 0 Å². The molecule has 11 nitrogen and oxygen atoms in total. The normalized spacial score (nSPS) is 14.3. The maximum absolute atomic E-state index is 14.7. The van der Waals surface area contributed by atoms with Crippen LogP contribution in [0.25, 0.3) is 16.7 Å². The molecule has 1 aliphatic rings. The number of anilines is 1. The zero-order valence-electron chi connectivity index (χ0n) is 28.5. The maximum Gasteiger partial charge on any atom is 0.407 e. The molecule has 1 amide bonds. The van der Waals surface area contributed by atoms with Gasteiger partial charge in [-0.25, -0.2) is 14.6 Å². The van der Waals surface area contributed by atoms with E-state index in [0.717, 1.165) is 22.6 Å². The molecule has 4 aromatic carbocycles. The number of fused-ring (bicyclic) bond motifs is 1. The molecule has 1 aliphatic heterocycles. The summed E-state index contributed by atoms with van der Waals surface area (Å²) in [5.41, 5.74) is 3.75. The van der Waals surface area contributed by atoms with E-state index < -0.39 is 6.09 Å². The van der Waals surface area contributed by atoms with Crippen LogP contribution in [0.5, 0.6) is 23.0 Å². The van der Waals surface area contributed by atoms with Gasteiger partial charge in [0.25, 0.3) is 0 Å². The fourth-order valence-electron chi connectivity index (χ4n) is 6.71. The van der Waals surface area contributed by atoms with E-state index in [1.807, 2.05) is 109 Å². The van der Waals surface area contributed by atoms with Crippen molar-refractivity contribution < 1.29 is 24.1 Å². The Hall–Kier alpha value is -6.23. The van der Waals surface area contributed by atoms with Gasteiger partial charge in [-0.15, -0.1) is 0 Å². The summed E-state index contributed by atoms with van der Waals surface area (Å²) in [6.07, 6.45) is 2.06. The predicted molar refractivity (Wildman–Crippen MR) is 196 cm³/mol. The first-order valence-corrected chi connectivity index (χ1v) is 16.9. The number of piperidine rings is 1. The van der Waals surface area contributed by atoms with Crippen molar-refractivity contribution in [3.05, 3.63) is 137 Å². The Bertz CT molecular complexity index is 2110. The number of aromatic nitrogens is 3. The van der Waals surface area contributed by atoms with Gasteiger partial charge in [-0.1, -0.05) is 42.5 Å². The smallest absolute Gasteiger partial charge is 0.407 e. The number of ether oxygens (including phenoxy) is 3. The van der Waals surface area contributed by atoms with Crippen LogP contribution in [0.1, 0.15) is 30.0 Å². The molecule has 0 bridgehead atoms. The molecule has 7 rings (SSSR count). The van der Waals surface area contributed by atoms with Gasteiger partial charge in [0.1, 0.15) is 28.5 Å². The van der Waals surface area contributed by atoms with Gasteiger partial charge in [0.2, 0.25) is 0 Å². The minimum absolute atomic E-state index is 0.220. The zero-order chi connectivity index (χ0) is 35.3. The summed E-state index contributed by atoms with van der Waals surface area (Å²) >= 11 is 0. The second-order valence-electron chi connectivity index (χ2n) is 12.5. The van der Waals surface area contributed by atoms with E-state index in [4.69, 9.17) is 19.2 Å². The Morgan fingerprint density at radius 3 is 1.98 bits per heavy atom. The first-order valence-electron chi connectivity index (χ1n) is 16.9. The minimum Gasteiger partial charge on any atom is -0.497 e. The number of imidazole rings is 1. The average molecular weight is 686 g/mol. The summed E-state index contributed by atoms with van der Waals surface area (Å²) in [7, 11) is 3.28. The van der Waals surface area contributed by atoms with Gasteiger partial charge in [-0.2, -0.15) is 0 Å². The van der Waals surface area contributed by atoms with Crippen LogP contribution in [0.4, 0.5) is 10.6 Å². The van der Waals surface area contributed by atoms with Crippen molar-refractivity contribution in [1.29, 1.82) is 0 Å². The van der Waals surface area contributed by atoms with Crippen LogP contribution in [-0.2, 0) is 13.1 Å². The summed E-state index contributed by atoms with van der Waals surface area (Å²) in [6, 6.07) is 34.2. The van der Waals surface area contributed by atoms with Crippen molar-refractivity contribution >= 4 is 22.9 Å². The Balaban J connectivity index is 1.38. The third-order valence-electron chi connectivity index (χ3n) is 9.23. The fraction of sp³-hybridized carbons (Fsp3) is 0.225. The standard InChI is InChI=1S/C40H39N5O6/c1-49-32-16-10-28(11-17-32)25-43(26-29-12-18-33(50-2)19-13-29)38-37-36(22-23-41-38)44(31-7-6-24-42(27-31)40(47)48)39(46)45(37)30-14-20-35(21-15-30)51-34-8-4-3-5-9-34/h3-5,8-23,31H,6-7,24-27H2,1-2H3,(H,47,48). The summed E-state index contributed by atoms with van der Waals surface area (Å²) in [6.45, 7) is 1.63. The van der Waals surface area contributed by atoms with E-state index in [-0.39, 0.29) is 18.3 Å². The molecule has 1 unspecified atom stereocenters. The monoisotopic (exact) mass is 685 g/mol. The van der Waals surface area contributed by atoms with Crippen LogP contribution in [0, 0.1) is 0 Å². The van der Waals surface area contributed by atoms with Gasteiger partial charge >= 0.3 is 11.8 Å². The molecule has 260 valence electrons. The predicted octanol–water partition coefficient (Wildman–Crippen LogP) is 7.52. The number of pyridine rings is 1. The Morgan fingerprint density at radius 2 is 1.39 bits per heavy atom. The van der Waals surface area contributed by atoms with Crippen LogP contribution in [0.15, 0.2) is 120 Å². The third-order valence-corrected chi connectivity index (χ3v) is 9.23. The number of benzene rings is 4. The lowest BCUT2D eigenvalue weighted by Gasteiger charge is -2.31. The zero-order valence-corrected chi connectivity index (χ0v) is 28.5. The molecule has 1 N–H and O–H groups in total. The van der Waals surface area contributed by atoms with E-state index >= 15 is 0 Å². The van der Waals surface area contributed by atoms with E-state index in [1.165, 1.54) is 4.90 Å². The summed E-state index contributed by atoms with van der Waals surface area (Å²) < 4.78 is 20.3. The second-order valence-corrected chi connectivity index (χ2v) is 12.5. The second kappa shape index (κ2) is 14.7. The number of hydrogen-bond donors (Lipinski definition) is 1. The van der Waals surface area contributed by atoms with Crippen molar-refractivity contribution in [2.45, 2.75) is 32.0 Å². The lowest BCUT2D eigenvalue weighted by atomic mass is 10.1. The average Bonchev–Trinajstić information content (AvgIpc) is 3.47. The first-order chi connectivity index (χ1) is 24.9. The molecule has 1 fully saturated rings.